The van der Waals surface area contributed by atoms with E-state index >= 15 is 0 Å². The predicted octanol–water partition coefficient (Wildman–Crippen LogP) is 2.69. The van der Waals surface area contributed by atoms with Crippen LogP contribution in [0.25, 0.3) is 11.5 Å². The molecule has 5 nitrogen and oxygen atoms in total. The lowest BCUT2D eigenvalue weighted by atomic mass is 10.0. The molecule has 0 atom stereocenters. The maximum atomic E-state index is 6.23. The molecule has 20 heavy (non-hydrogen) atoms. The van der Waals surface area contributed by atoms with Crippen molar-refractivity contribution in [2.45, 2.75) is 6.42 Å². The second kappa shape index (κ2) is 5.30. The highest BCUT2D eigenvalue weighted by atomic mass is 35.5. The van der Waals surface area contributed by atoms with E-state index in [1.54, 1.807) is 12.4 Å². The van der Waals surface area contributed by atoms with E-state index in [0.29, 0.717) is 23.1 Å². The molecule has 100 valence electrons. The molecule has 0 saturated heterocycles. The van der Waals surface area contributed by atoms with E-state index in [1.165, 1.54) is 0 Å². The Kier molecular flexibility index (Phi) is 3.35. The normalized spacial score (nSPS) is 10.7. The molecule has 6 heteroatoms. The van der Waals surface area contributed by atoms with Gasteiger partial charge in [0.05, 0.1) is 0 Å². The molecule has 2 heterocycles. The molecule has 0 aliphatic heterocycles. The Bertz CT molecular complexity index is 710. The Morgan fingerprint density at radius 3 is 2.65 bits per heavy atom. The van der Waals surface area contributed by atoms with E-state index in [4.69, 9.17) is 17.3 Å². The summed E-state index contributed by atoms with van der Waals surface area (Å²) in [6, 6.07) is 9.98. The van der Waals surface area contributed by atoms with Crippen LogP contribution in [-0.4, -0.2) is 19.9 Å². The number of imidazole rings is 1. The first kappa shape index (κ1) is 12.6. The molecule has 0 fully saturated rings. The van der Waals surface area contributed by atoms with Crippen LogP contribution >= 0.6 is 11.6 Å². The van der Waals surface area contributed by atoms with Crippen molar-refractivity contribution in [1.29, 1.82) is 0 Å². The molecule has 2 aromatic heterocycles. The van der Waals surface area contributed by atoms with E-state index in [1.807, 2.05) is 30.3 Å². The van der Waals surface area contributed by atoms with Gasteiger partial charge in [-0.05, 0) is 5.56 Å². The van der Waals surface area contributed by atoms with Crippen molar-refractivity contribution in [3.8, 4) is 11.5 Å². The van der Waals surface area contributed by atoms with Crippen LogP contribution < -0.4 is 5.73 Å². The summed E-state index contributed by atoms with van der Waals surface area (Å²) in [5.74, 6) is 0.769. The molecule has 1 aromatic carbocycles. The molecule has 0 amide bonds. The van der Waals surface area contributed by atoms with E-state index in [0.717, 1.165) is 11.1 Å². The van der Waals surface area contributed by atoms with Gasteiger partial charge in [0.2, 0.25) is 5.95 Å². The third-order valence-electron chi connectivity index (χ3n) is 2.92. The lowest BCUT2D eigenvalue weighted by Crippen LogP contribution is -2.04. The van der Waals surface area contributed by atoms with Gasteiger partial charge < -0.3 is 10.7 Å². The van der Waals surface area contributed by atoms with E-state index in [-0.39, 0.29) is 5.95 Å². The van der Waals surface area contributed by atoms with E-state index in [2.05, 4.69) is 19.9 Å². The quantitative estimate of drug-likeness (QED) is 0.725. The average Bonchev–Trinajstić information content (AvgIpc) is 2.96. The van der Waals surface area contributed by atoms with Crippen molar-refractivity contribution in [3.63, 3.8) is 0 Å². The molecule has 3 N–H and O–H groups in total. The van der Waals surface area contributed by atoms with Crippen LogP contribution in [0.3, 0.4) is 0 Å². The van der Waals surface area contributed by atoms with Gasteiger partial charge in [0.15, 0.2) is 5.82 Å². The lowest BCUT2D eigenvalue weighted by Gasteiger charge is -2.09. The minimum absolute atomic E-state index is 0.137. The summed E-state index contributed by atoms with van der Waals surface area (Å²) >= 11 is 6.23. The van der Waals surface area contributed by atoms with Crippen LogP contribution in [0.2, 0.25) is 5.15 Å². The van der Waals surface area contributed by atoms with Gasteiger partial charge in [-0.15, -0.1) is 0 Å². The summed E-state index contributed by atoms with van der Waals surface area (Å²) in [7, 11) is 0. The Morgan fingerprint density at radius 1 is 1.15 bits per heavy atom. The van der Waals surface area contributed by atoms with Gasteiger partial charge in [0.1, 0.15) is 10.8 Å². The van der Waals surface area contributed by atoms with Crippen molar-refractivity contribution in [2.24, 2.45) is 0 Å². The van der Waals surface area contributed by atoms with Gasteiger partial charge in [-0.25, -0.2) is 15.0 Å². The van der Waals surface area contributed by atoms with Gasteiger partial charge >= 0.3 is 0 Å². The number of anilines is 1. The maximum absolute atomic E-state index is 6.23. The number of aromatic amines is 1. The second-order valence-electron chi connectivity index (χ2n) is 4.30. The molecule has 3 aromatic rings. The Labute approximate surface area is 120 Å². The largest absolute Gasteiger partial charge is 0.368 e. The monoisotopic (exact) mass is 285 g/mol. The zero-order valence-corrected chi connectivity index (χ0v) is 11.3. The summed E-state index contributed by atoms with van der Waals surface area (Å²) in [6.45, 7) is 0. The minimum Gasteiger partial charge on any atom is -0.368 e. The minimum atomic E-state index is 0.137. The molecule has 0 aliphatic carbocycles. The number of nitrogens with zero attached hydrogens (tertiary/aromatic N) is 3. The first-order valence-electron chi connectivity index (χ1n) is 6.09. The molecule has 0 aliphatic rings. The molecule has 3 rings (SSSR count). The number of halogens is 1. The summed E-state index contributed by atoms with van der Waals surface area (Å²) in [6.07, 6.45) is 4.01. The number of benzene rings is 1. The standard InChI is InChI=1S/C14H12ClN5/c15-12-10(8-9-4-2-1-3-5-9)11(19-14(16)20-12)13-17-6-7-18-13/h1-7H,8H2,(H,17,18)(H2,16,19,20). The Balaban J connectivity index is 2.09. The van der Waals surface area contributed by atoms with Crippen LogP contribution in [0.1, 0.15) is 11.1 Å². The number of rotatable bonds is 3. The third-order valence-corrected chi connectivity index (χ3v) is 3.23. The van der Waals surface area contributed by atoms with Crippen molar-refractivity contribution in [2.75, 3.05) is 5.73 Å². The fourth-order valence-corrected chi connectivity index (χ4v) is 2.26. The zero-order chi connectivity index (χ0) is 13.9. The predicted molar refractivity (Wildman–Crippen MR) is 78.3 cm³/mol. The number of hydrogen-bond acceptors (Lipinski definition) is 4. The second-order valence-corrected chi connectivity index (χ2v) is 4.66. The highest BCUT2D eigenvalue weighted by Crippen LogP contribution is 2.27. The highest BCUT2D eigenvalue weighted by molar-refractivity contribution is 6.30. The summed E-state index contributed by atoms with van der Waals surface area (Å²) in [5.41, 5.74) is 8.24. The molecule has 0 spiro atoms. The van der Waals surface area contributed by atoms with Crippen LogP contribution in [-0.2, 0) is 6.42 Å². The highest BCUT2D eigenvalue weighted by Gasteiger charge is 2.16. The average molecular weight is 286 g/mol. The van der Waals surface area contributed by atoms with Gasteiger partial charge in [0, 0.05) is 24.4 Å². The number of nitrogens with two attached hydrogens (primary N) is 1. The van der Waals surface area contributed by atoms with Crippen LogP contribution in [0.15, 0.2) is 42.7 Å². The van der Waals surface area contributed by atoms with Crippen LogP contribution in [0.4, 0.5) is 5.95 Å². The number of H-pyrrole nitrogens is 1. The zero-order valence-electron chi connectivity index (χ0n) is 10.5. The Hall–Kier alpha value is -2.40. The SMILES string of the molecule is Nc1nc(Cl)c(Cc2ccccc2)c(-c2ncc[nH]2)n1. The van der Waals surface area contributed by atoms with Crippen LogP contribution in [0, 0.1) is 0 Å². The van der Waals surface area contributed by atoms with Gasteiger partial charge in [-0.2, -0.15) is 0 Å². The lowest BCUT2D eigenvalue weighted by molar-refractivity contribution is 1.07. The summed E-state index contributed by atoms with van der Waals surface area (Å²) in [4.78, 5) is 15.5. The number of nitrogen functional groups attached to an aromatic ring is 1. The van der Waals surface area contributed by atoms with Crippen LogP contribution in [0.5, 0.6) is 0 Å². The number of aromatic nitrogens is 4. The summed E-state index contributed by atoms with van der Waals surface area (Å²) in [5, 5.41) is 0.354. The summed E-state index contributed by atoms with van der Waals surface area (Å²) < 4.78 is 0. The number of hydrogen-bond donors (Lipinski definition) is 2. The first-order chi connectivity index (χ1) is 9.74. The van der Waals surface area contributed by atoms with Crippen molar-refractivity contribution >= 4 is 17.5 Å². The molecular weight excluding hydrogens is 274 g/mol. The molecule has 0 unspecified atom stereocenters. The molecular formula is C14H12ClN5. The third kappa shape index (κ3) is 2.48. The first-order valence-corrected chi connectivity index (χ1v) is 6.47. The van der Waals surface area contributed by atoms with Crippen molar-refractivity contribution in [1.82, 2.24) is 19.9 Å². The van der Waals surface area contributed by atoms with E-state index < -0.39 is 0 Å². The topological polar surface area (TPSA) is 80.5 Å². The fraction of sp³-hybridized carbons (Fsp3) is 0.0714. The smallest absolute Gasteiger partial charge is 0.222 e. The van der Waals surface area contributed by atoms with Gasteiger partial charge in [-0.3, -0.25) is 0 Å². The molecule has 0 bridgehead atoms. The van der Waals surface area contributed by atoms with Gasteiger partial charge in [0.25, 0.3) is 0 Å². The Morgan fingerprint density at radius 2 is 1.95 bits per heavy atom. The van der Waals surface area contributed by atoms with Gasteiger partial charge in [-0.1, -0.05) is 41.9 Å². The molecule has 0 saturated carbocycles. The van der Waals surface area contributed by atoms with E-state index in [9.17, 15) is 0 Å². The fourth-order valence-electron chi connectivity index (χ4n) is 2.02. The molecule has 0 radical (unpaired) electrons. The van der Waals surface area contributed by atoms with Crippen molar-refractivity contribution in [3.05, 3.63) is 59.0 Å². The maximum Gasteiger partial charge on any atom is 0.222 e. The van der Waals surface area contributed by atoms with Crippen molar-refractivity contribution < 1.29 is 0 Å². The number of nitrogens with one attached hydrogen (secondary N) is 1.